The highest BCUT2D eigenvalue weighted by Gasteiger charge is 2.25. The number of nitrogens with two attached hydrogens (primary N) is 1. The second-order valence-corrected chi connectivity index (χ2v) is 7.99. The summed E-state index contributed by atoms with van der Waals surface area (Å²) in [4.78, 5) is 15.1. The van der Waals surface area contributed by atoms with Crippen LogP contribution in [0.15, 0.2) is 36.9 Å². The molecule has 1 saturated heterocycles. The SMILES string of the molecule is Cn1cc2c(Cl)c(-c3c[nH]c4nc(N5CC[C@@H](N)C5)n5ccnc5c34)ccc2n1. The topological polar surface area (TPSA) is 93.1 Å². The Bertz CT molecular complexity index is 1390. The first-order valence-corrected chi connectivity index (χ1v) is 9.95. The van der Waals surface area contributed by atoms with Crippen molar-refractivity contribution in [3.05, 3.63) is 41.9 Å². The third-order valence-corrected chi connectivity index (χ3v) is 6.09. The number of rotatable bonds is 2. The Morgan fingerprint density at radius 2 is 2.17 bits per heavy atom. The number of H-pyrrole nitrogens is 1. The van der Waals surface area contributed by atoms with E-state index < -0.39 is 0 Å². The standard InChI is InChI=1S/C20H19ClN8/c1-27-10-14-15(26-27)3-2-12(17(14)21)13-8-24-18-16(13)19-23-5-7-29(19)20(25-18)28-6-4-11(22)9-28/h2-3,5,7-8,10-11,24H,4,6,9,22H2,1H3/t11-/m1/s1. The molecule has 5 heterocycles. The first kappa shape index (κ1) is 16.8. The number of aromatic amines is 1. The summed E-state index contributed by atoms with van der Waals surface area (Å²) in [6.45, 7) is 1.69. The molecule has 1 aliphatic rings. The highest BCUT2D eigenvalue weighted by molar-refractivity contribution is 6.38. The second-order valence-electron chi connectivity index (χ2n) is 7.62. The molecule has 0 saturated carbocycles. The molecule has 5 aromatic rings. The lowest BCUT2D eigenvalue weighted by Gasteiger charge is -2.18. The number of nitrogens with one attached hydrogen (secondary N) is 1. The number of hydrogen-bond donors (Lipinski definition) is 2. The van der Waals surface area contributed by atoms with Gasteiger partial charge in [-0.1, -0.05) is 17.7 Å². The van der Waals surface area contributed by atoms with E-state index >= 15 is 0 Å². The van der Waals surface area contributed by atoms with E-state index in [1.165, 1.54) is 0 Å². The van der Waals surface area contributed by atoms with Gasteiger partial charge < -0.3 is 15.6 Å². The molecule has 6 rings (SSSR count). The summed E-state index contributed by atoms with van der Waals surface area (Å²) in [5.74, 6) is 0.861. The Balaban J connectivity index is 1.60. The molecule has 0 spiro atoms. The van der Waals surface area contributed by atoms with Crippen molar-refractivity contribution in [3.63, 3.8) is 0 Å². The van der Waals surface area contributed by atoms with Gasteiger partial charge in [0.25, 0.3) is 0 Å². The first-order chi connectivity index (χ1) is 14.1. The van der Waals surface area contributed by atoms with Crippen molar-refractivity contribution in [2.24, 2.45) is 12.8 Å². The van der Waals surface area contributed by atoms with Crippen LogP contribution in [0.3, 0.4) is 0 Å². The molecule has 1 atom stereocenters. The van der Waals surface area contributed by atoms with Crippen molar-refractivity contribution < 1.29 is 0 Å². The minimum absolute atomic E-state index is 0.176. The Kier molecular flexibility index (Phi) is 3.45. The lowest BCUT2D eigenvalue weighted by atomic mass is 10.0. The maximum Gasteiger partial charge on any atom is 0.213 e. The molecule has 0 radical (unpaired) electrons. The lowest BCUT2D eigenvalue weighted by molar-refractivity contribution is 0.749. The minimum Gasteiger partial charge on any atom is -0.345 e. The van der Waals surface area contributed by atoms with Gasteiger partial charge >= 0.3 is 0 Å². The number of aromatic nitrogens is 6. The lowest BCUT2D eigenvalue weighted by Crippen LogP contribution is -2.28. The van der Waals surface area contributed by atoms with E-state index in [1.54, 1.807) is 10.9 Å². The summed E-state index contributed by atoms with van der Waals surface area (Å²) < 4.78 is 3.81. The first-order valence-electron chi connectivity index (χ1n) is 9.57. The van der Waals surface area contributed by atoms with E-state index in [4.69, 9.17) is 22.3 Å². The summed E-state index contributed by atoms with van der Waals surface area (Å²) in [6.07, 6.45) is 8.61. The largest absolute Gasteiger partial charge is 0.345 e. The molecule has 0 bridgehead atoms. The Morgan fingerprint density at radius 3 is 3.00 bits per heavy atom. The van der Waals surface area contributed by atoms with Gasteiger partial charge in [0.1, 0.15) is 5.65 Å². The van der Waals surface area contributed by atoms with Gasteiger partial charge in [0.2, 0.25) is 5.95 Å². The molecule has 1 aromatic carbocycles. The third-order valence-electron chi connectivity index (χ3n) is 5.69. The normalized spacial score (nSPS) is 17.3. The quantitative estimate of drug-likeness (QED) is 0.470. The van der Waals surface area contributed by atoms with Crippen LogP contribution in [0.1, 0.15) is 6.42 Å². The molecule has 0 amide bonds. The molecular formula is C20H19ClN8. The van der Waals surface area contributed by atoms with Gasteiger partial charge in [-0.3, -0.25) is 9.08 Å². The average molecular weight is 407 g/mol. The van der Waals surface area contributed by atoms with E-state index in [-0.39, 0.29) is 6.04 Å². The monoisotopic (exact) mass is 406 g/mol. The summed E-state index contributed by atoms with van der Waals surface area (Å²) in [6, 6.07) is 4.17. The third kappa shape index (κ3) is 2.39. The van der Waals surface area contributed by atoms with Gasteiger partial charge in [0, 0.05) is 67.5 Å². The van der Waals surface area contributed by atoms with Crippen LogP contribution >= 0.6 is 11.6 Å². The van der Waals surface area contributed by atoms with Crippen molar-refractivity contribution >= 4 is 45.1 Å². The Morgan fingerprint density at radius 1 is 1.28 bits per heavy atom. The average Bonchev–Trinajstić information content (AvgIpc) is 3.46. The van der Waals surface area contributed by atoms with Gasteiger partial charge in [-0.25, -0.2) is 4.98 Å². The van der Waals surface area contributed by atoms with Crippen molar-refractivity contribution in [2.45, 2.75) is 12.5 Å². The molecule has 1 aliphatic heterocycles. The fraction of sp³-hybridized carbons (Fsp3) is 0.250. The summed E-state index contributed by atoms with van der Waals surface area (Å²) >= 11 is 6.79. The van der Waals surface area contributed by atoms with Crippen molar-refractivity contribution in [1.82, 2.24) is 29.1 Å². The van der Waals surface area contributed by atoms with Gasteiger partial charge in [-0.15, -0.1) is 0 Å². The van der Waals surface area contributed by atoms with Crippen molar-refractivity contribution in [2.75, 3.05) is 18.0 Å². The number of anilines is 1. The predicted molar refractivity (Wildman–Crippen MR) is 114 cm³/mol. The maximum atomic E-state index is 6.79. The molecule has 3 N–H and O–H groups in total. The highest BCUT2D eigenvalue weighted by Crippen LogP contribution is 2.39. The van der Waals surface area contributed by atoms with Gasteiger partial charge in [0.15, 0.2) is 5.65 Å². The number of aryl methyl sites for hydroxylation is 1. The maximum absolute atomic E-state index is 6.79. The van der Waals surface area contributed by atoms with Gasteiger partial charge in [0.05, 0.1) is 15.9 Å². The van der Waals surface area contributed by atoms with Crippen LogP contribution in [0.5, 0.6) is 0 Å². The van der Waals surface area contributed by atoms with Gasteiger partial charge in [-0.05, 0) is 12.5 Å². The zero-order valence-corrected chi connectivity index (χ0v) is 16.6. The number of nitrogens with zero attached hydrogens (tertiary/aromatic N) is 6. The highest BCUT2D eigenvalue weighted by atomic mass is 35.5. The van der Waals surface area contributed by atoms with Crippen LogP contribution in [0.25, 0.3) is 38.7 Å². The van der Waals surface area contributed by atoms with E-state index in [1.807, 2.05) is 42.2 Å². The molecule has 29 heavy (non-hydrogen) atoms. The number of hydrogen-bond acceptors (Lipinski definition) is 5. The molecule has 1 fully saturated rings. The zero-order valence-electron chi connectivity index (χ0n) is 15.8. The molecule has 4 aromatic heterocycles. The molecular weight excluding hydrogens is 388 g/mol. The van der Waals surface area contributed by atoms with E-state index in [0.717, 1.165) is 64.2 Å². The number of halogens is 1. The zero-order chi connectivity index (χ0) is 19.7. The van der Waals surface area contributed by atoms with Crippen molar-refractivity contribution in [3.8, 4) is 11.1 Å². The van der Waals surface area contributed by atoms with Crippen LogP contribution in [0.4, 0.5) is 5.95 Å². The summed E-state index contributed by atoms with van der Waals surface area (Å²) in [7, 11) is 1.89. The van der Waals surface area contributed by atoms with E-state index in [0.29, 0.717) is 5.02 Å². The van der Waals surface area contributed by atoms with E-state index in [2.05, 4.69) is 20.0 Å². The number of benzene rings is 1. The molecule has 146 valence electrons. The summed E-state index contributed by atoms with van der Waals surface area (Å²) in [5.41, 5.74) is 10.5. The molecule has 9 heteroatoms. The predicted octanol–water partition coefficient (Wildman–Crippen LogP) is 2.96. The minimum atomic E-state index is 0.176. The number of imidazole rings is 1. The van der Waals surface area contributed by atoms with E-state index in [9.17, 15) is 0 Å². The molecule has 0 unspecified atom stereocenters. The smallest absolute Gasteiger partial charge is 0.213 e. The van der Waals surface area contributed by atoms with Gasteiger partial charge in [-0.2, -0.15) is 10.1 Å². The molecule has 8 nitrogen and oxygen atoms in total. The summed E-state index contributed by atoms with van der Waals surface area (Å²) in [5, 5.41) is 7.00. The molecule has 0 aliphatic carbocycles. The van der Waals surface area contributed by atoms with Crippen LogP contribution < -0.4 is 10.6 Å². The fourth-order valence-corrected chi connectivity index (χ4v) is 4.63. The Labute approximate surface area is 170 Å². The van der Waals surface area contributed by atoms with Crippen LogP contribution in [-0.4, -0.2) is 48.3 Å². The van der Waals surface area contributed by atoms with Crippen LogP contribution in [-0.2, 0) is 7.05 Å². The van der Waals surface area contributed by atoms with Crippen LogP contribution in [0, 0.1) is 0 Å². The number of fused-ring (bicyclic) bond motifs is 4. The fourth-order valence-electron chi connectivity index (χ4n) is 4.32. The van der Waals surface area contributed by atoms with Crippen LogP contribution in [0.2, 0.25) is 5.02 Å². The van der Waals surface area contributed by atoms with Crippen molar-refractivity contribution in [1.29, 1.82) is 0 Å². The second kappa shape index (κ2) is 5.95. The Hall–Kier alpha value is -3.10.